The van der Waals surface area contributed by atoms with Crippen LogP contribution in [0.3, 0.4) is 0 Å². The van der Waals surface area contributed by atoms with Gasteiger partial charge in [0.05, 0.1) is 27.8 Å². The summed E-state index contributed by atoms with van der Waals surface area (Å²) in [5.41, 5.74) is 5.44. The van der Waals surface area contributed by atoms with Gasteiger partial charge in [-0.15, -0.1) is 0 Å². The lowest BCUT2D eigenvalue weighted by Gasteiger charge is -2.43. The van der Waals surface area contributed by atoms with Gasteiger partial charge in [0.15, 0.2) is 0 Å². The van der Waals surface area contributed by atoms with Gasteiger partial charge in [0.25, 0.3) is 0 Å². The van der Waals surface area contributed by atoms with E-state index >= 15 is 14.2 Å². The summed E-state index contributed by atoms with van der Waals surface area (Å²) in [6, 6.07) is 49.3. The van der Waals surface area contributed by atoms with Crippen LogP contribution in [0.1, 0.15) is 36.1 Å². The predicted molar refractivity (Wildman–Crippen MR) is 185 cm³/mol. The minimum atomic E-state index is -3.67. The van der Waals surface area contributed by atoms with E-state index in [0.717, 1.165) is 33.4 Å². The Labute approximate surface area is 269 Å². The second-order valence-corrected chi connectivity index (χ2v) is 16.6. The van der Waals surface area contributed by atoms with Crippen LogP contribution in [0, 0.1) is 11.8 Å². The number of fused-ring (bicyclic) bond motifs is 5. The first kappa shape index (κ1) is 28.7. The number of rotatable bonds is 6. The summed E-state index contributed by atoms with van der Waals surface area (Å²) in [7, 11) is -3.67. The zero-order valence-corrected chi connectivity index (χ0v) is 26.7. The van der Waals surface area contributed by atoms with Gasteiger partial charge in [-0.3, -0.25) is 9.59 Å². The highest BCUT2D eigenvalue weighted by atomic mass is 31.2. The van der Waals surface area contributed by atoms with Crippen LogP contribution >= 0.6 is 7.14 Å². The van der Waals surface area contributed by atoms with Crippen molar-refractivity contribution in [3.05, 3.63) is 174 Å². The monoisotopic (exact) mass is 619 g/mol. The highest BCUT2D eigenvalue weighted by Crippen LogP contribution is 2.97. The molecule has 2 fully saturated rings. The molecule has 0 radical (unpaired) electrons. The third-order valence-electron chi connectivity index (χ3n) is 10.6. The van der Waals surface area contributed by atoms with Gasteiger partial charge in [-0.1, -0.05) is 153 Å². The predicted octanol–water partition coefficient (Wildman–Crippen LogP) is 8.99. The molecule has 4 nitrogen and oxygen atoms in total. The Morgan fingerprint density at radius 2 is 0.848 bits per heavy atom. The van der Waals surface area contributed by atoms with E-state index in [1.54, 1.807) is 0 Å². The molecule has 0 saturated carbocycles. The van der Waals surface area contributed by atoms with E-state index < -0.39 is 29.3 Å². The Hall–Kier alpha value is -4.79. The number of para-hydroxylation sites is 1. The molecule has 4 atom stereocenters. The van der Waals surface area contributed by atoms with E-state index in [0.29, 0.717) is 5.69 Å². The molecule has 3 heterocycles. The Bertz CT molecular complexity index is 1920. The number of anilines is 1. The van der Waals surface area contributed by atoms with Crippen molar-refractivity contribution in [3.63, 3.8) is 0 Å². The van der Waals surface area contributed by atoms with Crippen LogP contribution in [0.25, 0.3) is 11.1 Å². The Morgan fingerprint density at radius 3 is 1.20 bits per heavy atom. The van der Waals surface area contributed by atoms with Crippen LogP contribution in [0.15, 0.2) is 152 Å². The van der Waals surface area contributed by atoms with Gasteiger partial charge in [0.1, 0.15) is 7.14 Å². The number of allylic oxidation sites excluding steroid dienone is 2. The number of amides is 2. The van der Waals surface area contributed by atoms with E-state index in [1.807, 2.05) is 141 Å². The lowest BCUT2D eigenvalue weighted by molar-refractivity contribution is -0.122. The molecular weight excluding hydrogens is 585 g/mol. The van der Waals surface area contributed by atoms with Crippen LogP contribution in [0.2, 0.25) is 0 Å². The summed E-state index contributed by atoms with van der Waals surface area (Å²) in [6.07, 6.45) is 0. The number of nitrogens with zero attached hydrogens (tertiary/aromatic N) is 1. The van der Waals surface area contributed by atoms with Crippen molar-refractivity contribution in [2.45, 2.75) is 29.8 Å². The van der Waals surface area contributed by atoms with Crippen LogP contribution in [0.5, 0.6) is 0 Å². The molecular formula is C41H34NO3P. The molecule has 46 heavy (non-hydrogen) atoms. The maximum atomic E-state index is 17.2. The van der Waals surface area contributed by atoms with E-state index in [-0.39, 0.29) is 17.5 Å². The fraction of sp³-hybridized carbons (Fsp3) is 0.171. The number of imide groups is 1. The van der Waals surface area contributed by atoms with Crippen molar-refractivity contribution >= 4 is 35.8 Å². The first-order chi connectivity index (χ1) is 22.4. The van der Waals surface area contributed by atoms with Crippen LogP contribution in [-0.4, -0.2) is 17.5 Å². The molecule has 0 aromatic heterocycles. The SMILES string of the molecule is CC(C)P1(=O)C2(c3ccccc3)C(c3ccccc3)=C(c3ccccc3)C1(c1ccccc1)C1C(=O)N(c3ccccc3)C(=O)C12. The number of hydrogen-bond acceptors (Lipinski definition) is 3. The standard InChI is InChI=1S/C41H34NO3P/c1-28(2)46(45)40(31-22-12-5-13-23-31)34(29-18-8-3-9-19-29)35(30-20-10-4-11-21-30)41(46,32-24-14-6-15-25-32)37-36(40)38(43)42(39(37)44)33-26-16-7-17-27-33/h3-28,36-37H,1-2H3. The largest absolute Gasteiger partial charge is 0.321 e. The molecule has 5 aromatic carbocycles. The van der Waals surface area contributed by atoms with Crippen molar-refractivity contribution in [3.8, 4) is 0 Å². The maximum absolute atomic E-state index is 17.2. The molecule has 2 saturated heterocycles. The number of carbonyl (C=O) groups excluding carboxylic acids is 2. The average Bonchev–Trinajstić information content (AvgIpc) is 3.60. The van der Waals surface area contributed by atoms with Crippen LogP contribution in [0.4, 0.5) is 5.69 Å². The number of benzene rings is 5. The molecule has 0 aliphatic carbocycles. The first-order valence-electron chi connectivity index (χ1n) is 15.9. The van der Waals surface area contributed by atoms with Crippen LogP contribution in [-0.2, 0) is 24.5 Å². The normalized spacial score (nSPS) is 28.3. The molecule has 2 amide bonds. The Balaban J connectivity index is 1.64. The summed E-state index contributed by atoms with van der Waals surface area (Å²) >= 11 is 0. The lowest BCUT2D eigenvalue weighted by atomic mass is 9.59. The summed E-state index contributed by atoms with van der Waals surface area (Å²) in [5, 5.41) is -2.54. The molecule has 2 bridgehead atoms. The van der Waals surface area contributed by atoms with Gasteiger partial charge in [-0.25, -0.2) is 4.90 Å². The van der Waals surface area contributed by atoms with E-state index in [9.17, 15) is 0 Å². The first-order valence-corrected chi connectivity index (χ1v) is 17.7. The molecule has 5 heteroatoms. The van der Waals surface area contributed by atoms with Gasteiger partial charge in [-0.2, -0.15) is 0 Å². The summed E-state index contributed by atoms with van der Waals surface area (Å²) in [6.45, 7) is 4.05. The number of carbonyl (C=O) groups is 2. The summed E-state index contributed by atoms with van der Waals surface area (Å²) in [4.78, 5) is 31.8. The zero-order chi connectivity index (χ0) is 31.7. The Morgan fingerprint density at radius 1 is 0.522 bits per heavy atom. The van der Waals surface area contributed by atoms with Crippen molar-refractivity contribution in [1.82, 2.24) is 0 Å². The van der Waals surface area contributed by atoms with Gasteiger partial charge in [0, 0.05) is 5.66 Å². The van der Waals surface area contributed by atoms with E-state index in [2.05, 4.69) is 24.3 Å². The highest BCUT2D eigenvalue weighted by molar-refractivity contribution is 7.69. The second kappa shape index (κ2) is 10.4. The molecule has 5 aromatic rings. The second-order valence-electron chi connectivity index (χ2n) is 12.8. The molecule has 226 valence electrons. The van der Waals surface area contributed by atoms with Crippen LogP contribution < -0.4 is 4.90 Å². The highest BCUT2D eigenvalue weighted by Gasteiger charge is 2.87. The summed E-state index contributed by atoms with van der Waals surface area (Å²) in [5.74, 6) is -2.33. The molecule has 3 aliphatic heterocycles. The average molecular weight is 620 g/mol. The van der Waals surface area contributed by atoms with Crippen molar-refractivity contribution in [1.29, 1.82) is 0 Å². The molecule has 8 rings (SSSR count). The molecule has 0 N–H and O–H groups in total. The zero-order valence-electron chi connectivity index (χ0n) is 25.8. The molecule has 3 aliphatic rings. The third-order valence-corrected chi connectivity index (χ3v) is 15.6. The summed E-state index contributed by atoms with van der Waals surface area (Å²) < 4.78 is 17.2. The quantitative estimate of drug-likeness (QED) is 0.141. The Kier molecular flexibility index (Phi) is 6.46. The fourth-order valence-electron chi connectivity index (χ4n) is 9.23. The van der Waals surface area contributed by atoms with Crippen molar-refractivity contribution in [2.75, 3.05) is 4.90 Å². The van der Waals surface area contributed by atoms with Crippen molar-refractivity contribution in [2.24, 2.45) is 11.8 Å². The van der Waals surface area contributed by atoms with Gasteiger partial charge >= 0.3 is 0 Å². The third kappa shape index (κ3) is 3.33. The number of hydrogen-bond donors (Lipinski definition) is 0. The van der Waals surface area contributed by atoms with E-state index in [1.165, 1.54) is 4.90 Å². The minimum absolute atomic E-state index is 0.288. The van der Waals surface area contributed by atoms with Gasteiger partial charge < -0.3 is 4.57 Å². The topological polar surface area (TPSA) is 54.5 Å². The van der Waals surface area contributed by atoms with Crippen molar-refractivity contribution < 1.29 is 14.2 Å². The van der Waals surface area contributed by atoms with E-state index in [4.69, 9.17) is 0 Å². The molecule has 0 spiro atoms. The fourth-order valence-corrected chi connectivity index (χ4v) is 15.0. The molecule has 4 unspecified atom stereocenters. The maximum Gasteiger partial charge on any atom is 0.239 e. The smallest absolute Gasteiger partial charge is 0.239 e. The van der Waals surface area contributed by atoms with Gasteiger partial charge in [0.2, 0.25) is 11.8 Å². The lowest BCUT2D eigenvalue weighted by Crippen LogP contribution is -2.41. The minimum Gasteiger partial charge on any atom is -0.321 e. The van der Waals surface area contributed by atoms with Gasteiger partial charge in [-0.05, 0) is 45.5 Å².